The predicted molar refractivity (Wildman–Crippen MR) is 82.4 cm³/mol. The molecule has 1 saturated carbocycles. The Morgan fingerprint density at radius 2 is 2.18 bits per heavy atom. The van der Waals surface area contributed by atoms with E-state index in [2.05, 4.69) is 15.0 Å². The molecule has 1 unspecified atom stereocenters. The van der Waals surface area contributed by atoms with Crippen molar-refractivity contribution in [3.05, 3.63) is 22.2 Å². The van der Waals surface area contributed by atoms with Crippen LogP contribution in [0.2, 0.25) is 10.4 Å². The molecule has 116 valence electrons. The zero-order chi connectivity index (χ0) is 15.4. The molecule has 0 amide bonds. The van der Waals surface area contributed by atoms with Gasteiger partial charge in [-0.1, -0.05) is 11.6 Å². The van der Waals surface area contributed by atoms with Gasteiger partial charge in [0.25, 0.3) is 0 Å². The largest absolute Gasteiger partial charge is 0.379 e. The summed E-state index contributed by atoms with van der Waals surface area (Å²) in [5.74, 6) is 0.496. The number of nitrogens with zero attached hydrogens (tertiary/aromatic N) is 4. The molecule has 3 heterocycles. The van der Waals surface area contributed by atoms with Gasteiger partial charge in [-0.15, -0.1) is 0 Å². The highest BCUT2D eigenvalue weighted by molar-refractivity contribution is 6.31. The second-order valence-corrected chi connectivity index (χ2v) is 6.32. The zero-order valence-corrected chi connectivity index (χ0v) is 13.3. The molecule has 2 aliphatic rings. The van der Waals surface area contributed by atoms with Crippen LogP contribution in [0.25, 0.3) is 10.9 Å². The van der Waals surface area contributed by atoms with Crippen molar-refractivity contribution in [3.63, 3.8) is 0 Å². The molecule has 0 bridgehead atoms. The molecule has 0 aromatic carbocycles. The van der Waals surface area contributed by atoms with E-state index < -0.39 is 6.17 Å². The van der Waals surface area contributed by atoms with Gasteiger partial charge in [0.1, 0.15) is 17.1 Å². The van der Waals surface area contributed by atoms with Gasteiger partial charge in [-0.3, -0.25) is 0 Å². The van der Waals surface area contributed by atoms with Gasteiger partial charge in [0, 0.05) is 24.2 Å². The van der Waals surface area contributed by atoms with Gasteiger partial charge in [0.2, 0.25) is 5.28 Å². The highest BCUT2D eigenvalue weighted by Gasteiger charge is 2.56. The van der Waals surface area contributed by atoms with Crippen molar-refractivity contribution in [1.29, 1.82) is 0 Å². The minimum Gasteiger partial charge on any atom is -0.379 e. The number of ether oxygens (including phenoxy) is 1. The van der Waals surface area contributed by atoms with Crippen molar-refractivity contribution in [1.82, 2.24) is 15.0 Å². The highest BCUT2D eigenvalue weighted by atomic mass is 35.5. The molecule has 5 nitrogen and oxygen atoms in total. The Bertz CT molecular complexity index is 759. The summed E-state index contributed by atoms with van der Waals surface area (Å²) in [6, 6.07) is -0.215. The van der Waals surface area contributed by atoms with Crippen LogP contribution in [0, 0.1) is 12.8 Å². The summed E-state index contributed by atoms with van der Waals surface area (Å²) in [6.45, 7) is 3.37. The third-order valence-corrected chi connectivity index (χ3v) is 4.87. The van der Waals surface area contributed by atoms with E-state index in [0.29, 0.717) is 36.2 Å². The van der Waals surface area contributed by atoms with Crippen LogP contribution in [0.15, 0.2) is 6.20 Å². The first-order chi connectivity index (χ1) is 10.6. The van der Waals surface area contributed by atoms with Gasteiger partial charge in [0.05, 0.1) is 30.2 Å². The third kappa shape index (κ3) is 2.13. The lowest BCUT2D eigenvalue weighted by Gasteiger charge is -2.23. The molecular formula is C14H13Cl2FN4O. The maximum atomic E-state index is 14.0. The fraction of sp³-hybridized carbons (Fsp3) is 0.500. The van der Waals surface area contributed by atoms with E-state index in [1.807, 2.05) is 11.8 Å². The Hall–Kier alpha value is -1.24. The number of aryl methyl sites for hydroxylation is 1. The highest BCUT2D eigenvalue weighted by Crippen LogP contribution is 2.44. The number of halogens is 3. The molecule has 0 radical (unpaired) electrons. The first-order valence-corrected chi connectivity index (χ1v) is 7.80. The minimum atomic E-state index is -0.898. The molecule has 8 heteroatoms. The number of pyridine rings is 1. The quantitative estimate of drug-likeness (QED) is 0.589. The number of alkyl halides is 1. The van der Waals surface area contributed by atoms with Crippen LogP contribution >= 0.6 is 23.2 Å². The lowest BCUT2D eigenvalue weighted by Crippen LogP contribution is -2.31. The first kappa shape index (κ1) is 14.4. The normalized spacial score (nSPS) is 27.6. The molecule has 2 aromatic heterocycles. The Balaban J connectivity index is 1.89. The molecular weight excluding hydrogens is 330 g/mol. The van der Waals surface area contributed by atoms with Crippen LogP contribution < -0.4 is 4.90 Å². The fourth-order valence-electron chi connectivity index (χ4n) is 3.06. The van der Waals surface area contributed by atoms with Crippen molar-refractivity contribution in [2.24, 2.45) is 5.92 Å². The Morgan fingerprint density at radius 1 is 1.36 bits per heavy atom. The lowest BCUT2D eigenvalue weighted by molar-refractivity contribution is 0.131. The van der Waals surface area contributed by atoms with E-state index in [-0.39, 0.29) is 17.2 Å². The van der Waals surface area contributed by atoms with Crippen molar-refractivity contribution < 1.29 is 9.13 Å². The van der Waals surface area contributed by atoms with E-state index in [1.54, 1.807) is 6.20 Å². The number of aromatic nitrogens is 3. The summed E-state index contributed by atoms with van der Waals surface area (Å²) in [4.78, 5) is 14.7. The first-order valence-electron chi connectivity index (χ1n) is 7.04. The SMILES string of the molecule is Cc1c(Cl)ncc2c(N3CCOCC4[C@H](F)[C@H]43)nc(Cl)nc12. The number of hydrogen-bond acceptors (Lipinski definition) is 5. The maximum absolute atomic E-state index is 14.0. The van der Waals surface area contributed by atoms with Crippen LogP contribution in [0.4, 0.5) is 10.2 Å². The van der Waals surface area contributed by atoms with Crippen LogP contribution in [0.1, 0.15) is 5.56 Å². The predicted octanol–water partition coefficient (Wildman–Crippen LogP) is 2.81. The topological polar surface area (TPSA) is 51.1 Å². The van der Waals surface area contributed by atoms with Gasteiger partial charge in [-0.2, -0.15) is 4.98 Å². The molecule has 1 aliphatic heterocycles. The van der Waals surface area contributed by atoms with E-state index in [0.717, 1.165) is 10.9 Å². The molecule has 22 heavy (non-hydrogen) atoms. The van der Waals surface area contributed by atoms with E-state index in [9.17, 15) is 4.39 Å². The summed E-state index contributed by atoms with van der Waals surface area (Å²) in [5.41, 5.74) is 1.38. The molecule has 2 fully saturated rings. The molecule has 0 spiro atoms. The average molecular weight is 343 g/mol. The molecule has 4 rings (SSSR count). The number of fused-ring (bicyclic) bond motifs is 2. The smallest absolute Gasteiger partial charge is 0.224 e. The maximum Gasteiger partial charge on any atom is 0.224 e. The molecule has 2 aromatic rings. The van der Waals surface area contributed by atoms with Gasteiger partial charge in [0.15, 0.2) is 0 Å². The van der Waals surface area contributed by atoms with Crippen molar-refractivity contribution in [2.45, 2.75) is 19.1 Å². The Kier molecular flexibility index (Phi) is 3.36. The summed E-state index contributed by atoms with van der Waals surface area (Å²) >= 11 is 12.1. The minimum absolute atomic E-state index is 0.104. The molecule has 1 saturated heterocycles. The van der Waals surface area contributed by atoms with Crippen LogP contribution in [-0.4, -0.2) is 46.9 Å². The van der Waals surface area contributed by atoms with E-state index in [4.69, 9.17) is 27.9 Å². The van der Waals surface area contributed by atoms with Crippen LogP contribution in [0.5, 0.6) is 0 Å². The van der Waals surface area contributed by atoms with E-state index in [1.165, 1.54) is 0 Å². The Morgan fingerprint density at radius 3 is 3.00 bits per heavy atom. The summed E-state index contributed by atoms with van der Waals surface area (Å²) in [5, 5.41) is 1.22. The standard InChI is InChI=1S/C14H13Cl2FN4O/c1-6-10-7(4-18-12(6)15)13(20-14(16)19-10)21-2-3-22-5-8-9(17)11(8)21/h4,8-9,11H,2-3,5H2,1H3/t8?,9-,11-/m0/s1. The van der Waals surface area contributed by atoms with Crippen molar-refractivity contribution >= 4 is 39.9 Å². The molecule has 0 N–H and O–H groups in total. The van der Waals surface area contributed by atoms with Gasteiger partial charge < -0.3 is 9.64 Å². The summed E-state index contributed by atoms with van der Waals surface area (Å²) in [7, 11) is 0. The monoisotopic (exact) mass is 342 g/mol. The van der Waals surface area contributed by atoms with Crippen LogP contribution in [0.3, 0.4) is 0 Å². The zero-order valence-electron chi connectivity index (χ0n) is 11.8. The second kappa shape index (κ2) is 5.15. The number of rotatable bonds is 1. The van der Waals surface area contributed by atoms with Gasteiger partial charge in [-0.25, -0.2) is 14.4 Å². The fourth-order valence-corrected chi connectivity index (χ4v) is 3.36. The summed E-state index contributed by atoms with van der Waals surface area (Å²) < 4.78 is 19.5. The summed E-state index contributed by atoms with van der Waals surface area (Å²) in [6.07, 6.45) is 0.720. The van der Waals surface area contributed by atoms with Gasteiger partial charge in [-0.05, 0) is 18.5 Å². The molecule has 3 atom stereocenters. The van der Waals surface area contributed by atoms with E-state index >= 15 is 0 Å². The van der Waals surface area contributed by atoms with Crippen LogP contribution in [-0.2, 0) is 4.74 Å². The second-order valence-electron chi connectivity index (χ2n) is 5.62. The number of anilines is 1. The molecule has 1 aliphatic carbocycles. The van der Waals surface area contributed by atoms with Gasteiger partial charge >= 0.3 is 0 Å². The van der Waals surface area contributed by atoms with Crippen molar-refractivity contribution in [3.8, 4) is 0 Å². The van der Waals surface area contributed by atoms with Crippen molar-refractivity contribution in [2.75, 3.05) is 24.7 Å². The Labute approximate surface area is 136 Å². The number of hydrogen-bond donors (Lipinski definition) is 0. The average Bonchev–Trinajstić information content (AvgIpc) is 3.18. The lowest BCUT2D eigenvalue weighted by atomic mass is 10.2. The third-order valence-electron chi connectivity index (χ3n) is 4.32.